The van der Waals surface area contributed by atoms with Crippen LogP contribution in [0.4, 0.5) is 5.69 Å². The minimum Gasteiger partial charge on any atom is -0.307 e. The van der Waals surface area contributed by atoms with Gasteiger partial charge in [-0.05, 0) is 49.2 Å². The number of nitrogens with zero attached hydrogens (tertiary/aromatic N) is 3. The van der Waals surface area contributed by atoms with Crippen LogP contribution in [0.2, 0.25) is 0 Å². The van der Waals surface area contributed by atoms with Crippen molar-refractivity contribution in [3.8, 4) is 0 Å². The van der Waals surface area contributed by atoms with Crippen molar-refractivity contribution in [3.05, 3.63) is 151 Å². The first-order valence-electron chi connectivity index (χ1n) is 13.8. The highest BCUT2D eigenvalue weighted by molar-refractivity contribution is 6.08. The van der Waals surface area contributed by atoms with Crippen LogP contribution in [0.15, 0.2) is 145 Å². The lowest BCUT2D eigenvalue weighted by Gasteiger charge is -2.47. The topological polar surface area (TPSA) is 70.6 Å². The van der Waals surface area contributed by atoms with Gasteiger partial charge >= 0.3 is 0 Å². The Morgan fingerprint density at radius 1 is 0.707 bits per heavy atom. The average Bonchev–Trinajstić information content (AvgIpc) is 3.37. The number of rotatable bonds is 10. The molecule has 0 saturated heterocycles. The third-order valence-electron chi connectivity index (χ3n) is 7.78. The molecule has 5 aromatic carbocycles. The normalized spacial score (nSPS) is 14.4. The summed E-state index contributed by atoms with van der Waals surface area (Å²) in [6, 6.07) is 47.6. The van der Waals surface area contributed by atoms with Gasteiger partial charge in [-0.2, -0.15) is 0 Å². The molecule has 3 atom stereocenters. The van der Waals surface area contributed by atoms with Gasteiger partial charge in [0.05, 0.1) is 16.7 Å². The zero-order valence-electron chi connectivity index (χ0n) is 23.1. The molecule has 6 rings (SSSR count). The second-order valence-corrected chi connectivity index (χ2v) is 10.0. The zero-order valence-corrected chi connectivity index (χ0v) is 23.1. The Morgan fingerprint density at radius 2 is 1.20 bits per heavy atom. The molecule has 0 spiro atoms. The maximum atomic E-state index is 7.54. The molecular formula is C35H34N6. The third kappa shape index (κ3) is 4.68. The van der Waals surface area contributed by atoms with Gasteiger partial charge in [-0.3, -0.25) is 25.3 Å². The van der Waals surface area contributed by atoms with E-state index in [4.69, 9.17) is 5.73 Å². The van der Waals surface area contributed by atoms with Gasteiger partial charge in [0.25, 0.3) is 0 Å². The minimum atomic E-state index is -0.967. The molecular weight excluding hydrogens is 504 g/mol. The van der Waals surface area contributed by atoms with Gasteiger partial charge in [-0.1, -0.05) is 115 Å². The zero-order chi connectivity index (χ0) is 28.2. The van der Waals surface area contributed by atoms with Crippen molar-refractivity contribution in [3.63, 3.8) is 0 Å². The summed E-state index contributed by atoms with van der Waals surface area (Å²) in [6.45, 7) is 3.94. The first kappa shape index (κ1) is 26.5. The number of aromatic nitrogens is 1. The summed E-state index contributed by atoms with van der Waals surface area (Å²) in [7, 11) is 1.93. The van der Waals surface area contributed by atoms with E-state index < -0.39 is 18.0 Å². The average molecular weight is 539 g/mol. The van der Waals surface area contributed by atoms with E-state index in [1.54, 1.807) is 0 Å². The Morgan fingerprint density at radius 3 is 1.73 bits per heavy atom. The lowest BCUT2D eigenvalue weighted by molar-refractivity contribution is 0.189. The molecule has 0 bridgehead atoms. The monoisotopic (exact) mass is 538 g/mol. The standard InChI is InChI=1S/C35H34N6/c1-37-33(26-16-6-3-7-17-26)39-35(38-2,27-18-8-4-9-19-27)34(36)40(28-20-10-5-11-21-28)41-31-24-14-12-22-29(31)30-23-13-15-25-32(30)41/h3-25,33-34,38-39H,1,36H2,2H3. The van der Waals surface area contributed by atoms with Crippen molar-refractivity contribution in [2.45, 2.75) is 18.0 Å². The Bertz CT molecular complexity index is 1700. The first-order chi connectivity index (χ1) is 20.2. The van der Waals surface area contributed by atoms with E-state index in [0.29, 0.717) is 0 Å². The highest BCUT2D eigenvalue weighted by Gasteiger charge is 2.44. The van der Waals surface area contributed by atoms with E-state index >= 15 is 0 Å². The SMILES string of the molecule is C=NC(NC(NC)(c1ccccc1)C(N)N(c1ccccc1)n1c2ccccc2c2ccccc21)c1ccccc1. The van der Waals surface area contributed by atoms with Crippen LogP contribution in [-0.2, 0) is 5.66 Å². The van der Waals surface area contributed by atoms with Crippen LogP contribution in [0.25, 0.3) is 21.8 Å². The summed E-state index contributed by atoms with van der Waals surface area (Å²) < 4.78 is 2.24. The van der Waals surface area contributed by atoms with Gasteiger partial charge in [0.1, 0.15) is 18.0 Å². The Balaban J connectivity index is 1.61. The summed E-state index contributed by atoms with van der Waals surface area (Å²) in [5.41, 5.74) is 11.6. The van der Waals surface area contributed by atoms with Gasteiger partial charge in [0.2, 0.25) is 0 Å². The number of hydrogen-bond donors (Lipinski definition) is 3. The van der Waals surface area contributed by atoms with E-state index in [1.807, 2.05) is 73.8 Å². The van der Waals surface area contributed by atoms with Gasteiger partial charge in [0, 0.05) is 10.8 Å². The highest BCUT2D eigenvalue weighted by atomic mass is 15.6. The van der Waals surface area contributed by atoms with Gasteiger partial charge in [-0.25, -0.2) is 0 Å². The Kier molecular flexibility index (Phi) is 7.35. The quantitative estimate of drug-likeness (QED) is 0.139. The lowest BCUT2D eigenvalue weighted by atomic mass is 9.94. The number of fused-ring (bicyclic) bond motifs is 3. The number of benzene rings is 5. The molecule has 0 aliphatic heterocycles. The van der Waals surface area contributed by atoms with Crippen molar-refractivity contribution in [1.82, 2.24) is 15.3 Å². The molecule has 204 valence electrons. The van der Waals surface area contributed by atoms with Gasteiger partial charge in [0.15, 0.2) is 0 Å². The van der Waals surface area contributed by atoms with Crippen LogP contribution < -0.4 is 21.4 Å². The number of hydrogen-bond acceptors (Lipinski definition) is 5. The lowest BCUT2D eigenvalue weighted by Crippen LogP contribution is -2.70. The molecule has 0 amide bonds. The summed E-state index contributed by atoms with van der Waals surface area (Å²) in [5.74, 6) is 0. The van der Waals surface area contributed by atoms with Crippen molar-refractivity contribution in [2.24, 2.45) is 10.7 Å². The maximum absolute atomic E-state index is 7.54. The largest absolute Gasteiger partial charge is 0.307 e. The third-order valence-corrected chi connectivity index (χ3v) is 7.78. The second-order valence-electron chi connectivity index (χ2n) is 10.0. The van der Waals surface area contributed by atoms with Crippen LogP contribution in [0.3, 0.4) is 0 Å². The molecule has 0 aliphatic carbocycles. The molecule has 0 fully saturated rings. The molecule has 1 heterocycles. The summed E-state index contributed by atoms with van der Waals surface area (Å²) >= 11 is 0. The fraction of sp³-hybridized carbons (Fsp3) is 0.114. The number of nitrogens with one attached hydrogen (secondary N) is 2. The number of aliphatic imine (C=N–C) groups is 1. The molecule has 1 aromatic heterocycles. The molecule has 3 unspecified atom stereocenters. The van der Waals surface area contributed by atoms with Crippen molar-refractivity contribution < 1.29 is 0 Å². The Labute approximate surface area is 240 Å². The summed E-state index contributed by atoms with van der Waals surface area (Å²) in [4.78, 5) is 4.51. The number of likely N-dealkylation sites (N-methyl/N-ethyl adjacent to an activating group) is 1. The van der Waals surface area contributed by atoms with Crippen molar-refractivity contribution in [1.29, 1.82) is 0 Å². The van der Waals surface area contributed by atoms with Gasteiger partial charge in [-0.15, -0.1) is 0 Å². The summed E-state index contributed by atoms with van der Waals surface area (Å²) in [6.07, 6.45) is -1.09. The molecule has 0 aliphatic rings. The molecule has 6 nitrogen and oxygen atoms in total. The van der Waals surface area contributed by atoms with Crippen molar-refractivity contribution in [2.75, 3.05) is 12.1 Å². The van der Waals surface area contributed by atoms with Crippen molar-refractivity contribution >= 4 is 34.2 Å². The fourth-order valence-corrected chi connectivity index (χ4v) is 5.79. The minimum absolute atomic E-state index is 0.425. The molecule has 6 aromatic rings. The smallest absolute Gasteiger partial charge is 0.134 e. The first-order valence-corrected chi connectivity index (χ1v) is 13.8. The van der Waals surface area contributed by atoms with Crippen LogP contribution in [0.1, 0.15) is 17.3 Å². The van der Waals surface area contributed by atoms with E-state index in [9.17, 15) is 0 Å². The van der Waals surface area contributed by atoms with Crippen LogP contribution in [0, 0.1) is 0 Å². The fourth-order valence-electron chi connectivity index (χ4n) is 5.79. The summed E-state index contributed by atoms with van der Waals surface area (Å²) in [5, 5.41) is 11.9. The van der Waals surface area contributed by atoms with Gasteiger partial charge < -0.3 is 5.73 Å². The molecule has 0 saturated carbocycles. The number of nitrogens with two attached hydrogens (primary N) is 1. The van der Waals surface area contributed by atoms with Crippen LogP contribution >= 0.6 is 0 Å². The predicted molar refractivity (Wildman–Crippen MR) is 171 cm³/mol. The molecule has 6 heteroatoms. The molecule has 0 radical (unpaired) electrons. The molecule has 4 N–H and O–H groups in total. The van der Waals surface area contributed by atoms with Crippen LogP contribution in [0.5, 0.6) is 0 Å². The highest BCUT2D eigenvalue weighted by Crippen LogP contribution is 2.36. The Hall–Kier alpha value is -4.75. The predicted octanol–water partition coefficient (Wildman–Crippen LogP) is 6.41. The number of para-hydroxylation sites is 3. The van der Waals surface area contributed by atoms with E-state index in [-0.39, 0.29) is 0 Å². The van der Waals surface area contributed by atoms with E-state index in [2.05, 4.69) is 105 Å². The number of anilines is 1. The van der Waals surface area contributed by atoms with E-state index in [0.717, 1.165) is 38.6 Å². The molecule has 41 heavy (non-hydrogen) atoms. The van der Waals surface area contributed by atoms with Crippen LogP contribution in [-0.4, -0.2) is 24.6 Å². The van der Waals surface area contributed by atoms with E-state index in [1.165, 1.54) is 0 Å². The second kappa shape index (κ2) is 11.4. The maximum Gasteiger partial charge on any atom is 0.134 e.